The Balaban J connectivity index is 2.07. The van der Waals surface area contributed by atoms with Gasteiger partial charge in [-0.05, 0) is 58.3 Å². The van der Waals surface area contributed by atoms with Gasteiger partial charge >= 0.3 is 0 Å². The first-order valence-corrected chi connectivity index (χ1v) is 7.12. The molecule has 1 fully saturated rings. The summed E-state index contributed by atoms with van der Waals surface area (Å²) in [5.74, 6) is 0. The van der Waals surface area contributed by atoms with Gasteiger partial charge in [0.05, 0.1) is 0 Å². The van der Waals surface area contributed by atoms with Gasteiger partial charge in [0.1, 0.15) is 12.5 Å². The van der Waals surface area contributed by atoms with Crippen LogP contribution in [0.15, 0.2) is 9.98 Å². The van der Waals surface area contributed by atoms with Crippen LogP contribution in [0.4, 0.5) is 0 Å². The van der Waals surface area contributed by atoms with E-state index >= 15 is 0 Å². The number of aliphatic hydroxyl groups excluding tert-OH is 2. The maximum atomic E-state index is 9.79. The molecule has 0 saturated heterocycles. The van der Waals surface area contributed by atoms with Crippen LogP contribution in [0.3, 0.4) is 0 Å². The average molecular weight is 254 g/mol. The highest BCUT2D eigenvalue weighted by atomic mass is 16.3. The standard InChI is InChI=1S/C14H26N2O2/c1-12(17)15-11-7-3-6-10-14(18)16-13-8-4-2-5-9-13/h11-12,14,17-18H,2-10H2,1H3. The third-order valence-corrected chi connectivity index (χ3v) is 3.13. The minimum Gasteiger partial charge on any atom is -0.372 e. The van der Waals surface area contributed by atoms with Crippen LogP contribution < -0.4 is 0 Å². The van der Waals surface area contributed by atoms with Gasteiger partial charge in [0, 0.05) is 11.9 Å². The molecule has 18 heavy (non-hydrogen) atoms. The van der Waals surface area contributed by atoms with Crippen molar-refractivity contribution in [3.8, 4) is 0 Å². The first-order chi connectivity index (χ1) is 8.68. The predicted octanol–water partition coefficient (Wildman–Crippen LogP) is 2.68. The first kappa shape index (κ1) is 15.3. The van der Waals surface area contributed by atoms with E-state index < -0.39 is 12.5 Å². The van der Waals surface area contributed by atoms with Crippen molar-refractivity contribution in [3.63, 3.8) is 0 Å². The largest absolute Gasteiger partial charge is 0.372 e. The fourth-order valence-corrected chi connectivity index (χ4v) is 2.15. The second kappa shape index (κ2) is 9.22. The molecule has 0 aromatic carbocycles. The Kier molecular flexibility index (Phi) is 7.85. The molecule has 0 amide bonds. The number of aliphatic hydroxyl groups is 2. The SMILES string of the molecule is CC(O)N=CCCCCC(O)N=C1CCCCC1. The van der Waals surface area contributed by atoms with Crippen LogP contribution in [-0.2, 0) is 0 Å². The van der Waals surface area contributed by atoms with E-state index in [1.54, 1.807) is 13.1 Å². The smallest absolute Gasteiger partial charge is 0.145 e. The molecule has 0 spiro atoms. The highest BCUT2D eigenvalue weighted by molar-refractivity contribution is 5.85. The van der Waals surface area contributed by atoms with Gasteiger partial charge in [0.25, 0.3) is 0 Å². The summed E-state index contributed by atoms with van der Waals surface area (Å²) >= 11 is 0. The summed E-state index contributed by atoms with van der Waals surface area (Å²) in [7, 11) is 0. The molecule has 0 aromatic rings. The van der Waals surface area contributed by atoms with E-state index in [1.165, 1.54) is 25.0 Å². The molecule has 2 N–H and O–H groups in total. The Morgan fingerprint density at radius 3 is 2.56 bits per heavy atom. The van der Waals surface area contributed by atoms with Crippen LogP contribution in [0.2, 0.25) is 0 Å². The Labute approximate surface area is 110 Å². The van der Waals surface area contributed by atoms with Crippen molar-refractivity contribution in [2.75, 3.05) is 0 Å². The van der Waals surface area contributed by atoms with Gasteiger partial charge < -0.3 is 10.2 Å². The van der Waals surface area contributed by atoms with Crippen molar-refractivity contribution >= 4 is 11.9 Å². The molecule has 1 aliphatic rings. The lowest BCUT2D eigenvalue weighted by molar-refractivity contribution is 0.170. The molecule has 1 aliphatic carbocycles. The van der Waals surface area contributed by atoms with Crippen molar-refractivity contribution in [2.24, 2.45) is 9.98 Å². The Morgan fingerprint density at radius 1 is 1.17 bits per heavy atom. The van der Waals surface area contributed by atoms with Crippen molar-refractivity contribution in [3.05, 3.63) is 0 Å². The van der Waals surface area contributed by atoms with Crippen LogP contribution in [-0.4, -0.2) is 34.6 Å². The minimum atomic E-state index is -0.603. The summed E-state index contributed by atoms with van der Waals surface area (Å²) in [6.07, 6.45) is 10.0. The summed E-state index contributed by atoms with van der Waals surface area (Å²) in [6, 6.07) is 0. The van der Waals surface area contributed by atoms with E-state index in [1.807, 2.05) is 0 Å². The lowest BCUT2D eigenvalue weighted by Gasteiger charge is -2.14. The topological polar surface area (TPSA) is 65.2 Å². The van der Waals surface area contributed by atoms with Gasteiger partial charge in [-0.2, -0.15) is 0 Å². The van der Waals surface area contributed by atoms with Gasteiger partial charge in [-0.1, -0.05) is 6.42 Å². The van der Waals surface area contributed by atoms with Crippen molar-refractivity contribution in [2.45, 2.75) is 77.2 Å². The van der Waals surface area contributed by atoms with Crippen molar-refractivity contribution in [1.29, 1.82) is 0 Å². The summed E-state index contributed by atoms with van der Waals surface area (Å²) in [5.41, 5.74) is 1.20. The third-order valence-electron chi connectivity index (χ3n) is 3.13. The number of hydrogen-bond donors (Lipinski definition) is 2. The van der Waals surface area contributed by atoms with E-state index in [4.69, 9.17) is 5.11 Å². The summed E-state index contributed by atoms with van der Waals surface area (Å²) in [4.78, 5) is 8.26. The first-order valence-electron chi connectivity index (χ1n) is 7.12. The molecular weight excluding hydrogens is 228 g/mol. The van der Waals surface area contributed by atoms with Crippen LogP contribution in [0.1, 0.15) is 64.7 Å². The molecule has 104 valence electrons. The second-order valence-corrected chi connectivity index (χ2v) is 4.98. The molecule has 1 rings (SSSR count). The fraction of sp³-hybridized carbons (Fsp3) is 0.857. The minimum absolute atomic E-state index is 0.521. The molecule has 4 nitrogen and oxygen atoms in total. The van der Waals surface area contributed by atoms with Crippen molar-refractivity contribution < 1.29 is 10.2 Å². The highest BCUT2D eigenvalue weighted by Gasteiger charge is 2.09. The monoisotopic (exact) mass is 254 g/mol. The molecule has 0 bridgehead atoms. The molecule has 1 saturated carbocycles. The molecule has 0 aromatic heterocycles. The zero-order valence-electron chi connectivity index (χ0n) is 11.4. The zero-order valence-corrected chi connectivity index (χ0v) is 11.4. The van der Waals surface area contributed by atoms with E-state index in [-0.39, 0.29) is 0 Å². The predicted molar refractivity (Wildman–Crippen MR) is 75.2 cm³/mol. The van der Waals surface area contributed by atoms with Gasteiger partial charge in [-0.25, -0.2) is 0 Å². The maximum Gasteiger partial charge on any atom is 0.145 e. The normalized spacial score (nSPS) is 20.1. The van der Waals surface area contributed by atoms with E-state index in [0.29, 0.717) is 0 Å². The highest BCUT2D eigenvalue weighted by Crippen LogP contribution is 2.16. The number of nitrogens with zero attached hydrogens (tertiary/aromatic N) is 2. The van der Waals surface area contributed by atoms with Crippen LogP contribution in [0, 0.1) is 0 Å². The zero-order chi connectivity index (χ0) is 13.2. The maximum absolute atomic E-state index is 9.79. The Hall–Kier alpha value is -0.740. The second-order valence-electron chi connectivity index (χ2n) is 4.98. The molecule has 0 heterocycles. The molecule has 0 radical (unpaired) electrons. The number of unbranched alkanes of at least 4 members (excludes halogenated alkanes) is 2. The van der Waals surface area contributed by atoms with E-state index in [0.717, 1.165) is 38.5 Å². The molecular formula is C14H26N2O2. The Morgan fingerprint density at radius 2 is 1.89 bits per heavy atom. The van der Waals surface area contributed by atoms with Crippen LogP contribution in [0.5, 0.6) is 0 Å². The summed E-state index contributed by atoms with van der Waals surface area (Å²) < 4.78 is 0. The van der Waals surface area contributed by atoms with E-state index in [2.05, 4.69) is 9.98 Å². The van der Waals surface area contributed by atoms with Gasteiger partial charge in [-0.3, -0.25) is 9.98 Å². The number of hydrogen-bond acceptors (Lipinski definition) is 4. The molecule has 0 aliphatic heterocycles. The molecule has 2 atom stereocenters. The lowest BCUT2D eigenvalue weighted by atomic mass is 9.98. The Bertz CT molecular complexity index is 267. The van der Waals surface area contributed by atoms with Crippen LogP contribution >= 0.6 is 0 Å². The molecule has 4 heteroatoms. The summed E-state index contributed by atoms with van der Waals surface area (Å²) in [6.45, 7) is 1.64. The number of aliphatic imine (C=N–C) groups is 2. The van der Waals surface area contributed by atoms with E-state index in [9.17, 15) is 5.11 Å². The average Bonchev–Trinajstić information content (AvgIpc) is 2.34. The van der Waals surface area contributed by atoms with Crippen molar-refractivity contribution in [1.82, 2.24) is 0 Å². The molecule has 2 unspecified atom stereocenters. The van der Waals surface area contributed by atoms with Crippen LogP contribution in [0.25, 0.3) is 0 Å². The third kappa shape index (κ3) is 7.56. The quantitative estimate of drug-likeness (QED) is 0.542. The lowest BCUT2D eigenvalue weighted by Crippen LogP contribution is -2.11. The van der Waals surface area contributed by atoms with Gasteiger partial charge in [0.15, 0.2) is 0 Å². The van der Waals surface area contributed by atoms with Gasteiger partial charge in [0.2, 0.25) is 0 Å². The summed E-state index contributed by atoms with van der Waals surface area (Å²) in [5, 5.41) is 18.7. The number of rotatable bonds is 7. The fourth-order valence-electron chi connectivity index (χ4n) is 2.15. The van der Waals surface area contributed by atoms with Gasteiger partial charge in [-0.15, -0.1) is 0 Å².